The highest BCUT2D eigenvalue weighted by Gasteiger charge is 2.11. The van der Waals surface area contributed by atoms with Crippen molar-refractivity contribution in [1.82, 2.24) is 9.97 Å². The first-order valence-corrected chi connectivity index (χ1v) is 8.13. The monoisotopic (exact) mass is 352 g/mol. The molecule has 1 amide bonds. The van der Waals surface area contributed by atoms with Gasteiger partial charge < -0.3 is 10.6 Å². The summed E-state index contributed by atoms with van der Waals surface area (Å²) in [6.07, 6.45) is 1.34. The lowest BCUT2D eigenvalue weighted by Crippen LogP contribution is -2.15. The predicted molar refractivity (Wildman–Crippen MR) is 101 cm³/mol. The normalized spacial score (nSPS) is 10.4. The van der Waals surface area contributed by atoms with Crippen molar-refractivity contribution in [2.45, 2.75) is 13.8 Å². The highest BCUT2D eigenvalue weighted by Crippen LogP contribution is 2.24. The second-order valence-electron chi connectivity index (χ2n) is 5.67. The molecule has 5 nitrogen and oxygen atoms in total. The van der Waals surface area contributed by atoms with E-state index in [-0.39, 0.29) is 11.6 Å². The topological polar surface area (TPSA) is 66.9 Å². The van der Waals surface area contributed by atoms with E-state index in [1.54, 1.807) is 12.1 Å². The van der Waals surface area contributed by atoms with Crippen LogP contribution < -0.4 is 10.6 Å². The Hall–Kier alpha value is -2.92. The number of aryl methyl sites for hydroxylation is 2. The van der Waals surface area contributed by atoms with Gasteiger partial charge in [-0.05, 0) is 37.6 Å². The molecule has 0 aliphatic rings. The maximum atomic E-state index is 12.5. The van der Waals surface area contributed by atoms with Crippen LogP contribution in [0.5, 0.6) is 0 Å². The minimum atomic E-state index is -0.295. The first-order chi connectivity index (χ1) is 12.0. The Morgan fingerprint density at radius 3 is 2.56 bits per heavy atom. The number of carbonyl (C=O) groups is 1. The van der Waals surface area contributed by atoms with Crippen LogP contribution in [-0.2, 0) is 0 Å². The molecule has 1 heterocycles. The molecule has 0 aliphatic carbocycles. The Morgan fingerprint density at radius 1 is 1.00 bits per heavy atom. The molecule has 0 radical (unpaired) electrons. The Balaban J connectivity index is 1.79. The smallest absolute Gasteiger partial charge is 0.274 e. The molecule has 25 heavy (non-hydrogen) atoms. The summed E-state index contributed by atoms with van der Waals surface area (Å²) in [5.41, 5.74) is 3.88. The fourth-order valence-corrected chi connectivity index (χ4v) is 2.57. The number of nitrogens with zero attached hydrogens (tertiary/aromatic N) is 2. The van der Waals surface area contributed by atoms with Crippen molar-refractivity contribution < 1.29 is 4.79 Å². The summed E-state index contributed by atoms with van der Waals surface area (Å²) in [5, 5.41) is 6.53. The molecule has 0 spiro atoms. The van der Waals surface area contributed by atoms with Gasteiger partial charge in [0.25, 0.3) is 5.91 Å². The zero-order valence-electron chi connectivity index (χ0n) is 13.9. The number of hydrogen-bond donors (Lipinski definition) is 2. The van der Waals surface area contributed by atoms with Crippen molar-refractivity contribution in [2.75, 3.05) is 10.6 Å². The van der Waals surface area contributed by atoms with Crippen molar-refractivity contribution in [3.63, 3.8) is 0 Å². The number of amides is 1. The summed E-state index contributed by atoms with van der Waals surface area (Å²) in [4.78, 5) is 20.7. The molecule has 6 heteroatoms. The lowest BCUT2D eigenvalue weighted by atomic mass is 10.1. The van der Waals surface area contributed by atoms with E-state index < -0.39 is 0 Å². The molecule has 0 saturated carbocycles. The van der Waals surface area contributed by atoms with Crippen LogP contribution in [0.3, 0.4) is 0 Å². The van der Waals surface area contributed by atoms with E-state index in [1.165, 1.54) is 6.33 Å². The third-order valence-electron chi connectivity index (χ3n) is 3.67. The van der Waals surface area contributed by atoms with E-state index >= 15 is 0 Å². The molecule has 0 fully saturated rings. The lowest BCUT2D eigenvalue weighted by molar-refractivity contribution is 0.102. The molecule has 0 atom stereocenters. The van der Waals surface area contributed by atoms with Crippen molar-refractivity contribution >= 4 is 34.7 Å². The quantitative estimate of drug-likeness (QED) is 0.711. The Morgan fingerprint density at radius 2 is 1.80 bits per heavy atom. The standard InChI is InChI=1S/C19H17ClN4O/c1-12-7-8-15(13(2)9-12)24-19(25)17-10-18(22-11-21-17)23-16-6-4-3-5-14(16)20/h3-11H,1-2H3,(H,24,25)(H,21,22,23). The molecular weight excluding hydrogens is 336 g/mol. The number of aromatic nitrogens is 2. The van der Waals surface area contributed by atoms with Crippen LogP contribution >= 0.6 is 11.6 Å². The van der Waals surface area contributed by atoms with E-state index in [0.29, 0.717) is 16.5 Å². The number of nitrogens with one attached hydrogen (secondary N) is 2. The van der Waals surface area contributed by atoms with Crippen LogP contribution in [-0.4, -0.2) is 15.9 Å². The highest BCUT2D eigenvalue weighted by atomic mass is 35.5. The predicted octanol–water partition coefficient (Wildman–Crippen LogP) is 4.74. The van der Waals surface area contributed by atoms with Crippen molar-refractivity contribution in [1.29, 1.82) is 0 Å². The fraction of sp³-hybridized carbons (Fsp3) is 0.105. The van der Waals surface area contributed by atoms with Crippen LogP contribution in [0.4, 0.5) is 17.2 Å². The van der Waals surface area contributed by atoms with Gasteiger partial charge in [-0.1, -0.05) is 41.4 Å². The average Bonchev–Trinajstić information content (AvgIpc) is 2.60. The average molecular weight is 353 g/mol. The molecular formula is C19H17ClN4O. The van der Waals surface area contributed by atoms with E-state index in [4.69, 9.17) is 11.6 Å². The molecule has 0 saturated heterocycles. The summed E-state index contributed by atoms with van der Waals surface area (Å²) in [5.74, 6) is 0.199. The maximum absolute atomic E-state index is 12.5. The number of halogens is 1. The van der Waals surface area contributed by atoms with E-state index in [2.05, 4.69) is 20.6 Å². The largest absolute Gasteiger partial charge is 0.339 e. The summed E-state index contributed by atoms with van der Waals surface area (Å²) in [6.45, 7) is 3.96. The third-order valence-corrected chi connectivity index (χ3v) is 4.00. The van der Waals surface area contributed by atoms with E-state index in [0.717, 1.165) is 16.8 Å². The lowest BCUT2D eigenvalue weighted by Gasteiger charge is -2.10. The zero-order chi connectivity index (χ0) is 17.8. The van der Waals surface area contributed by atoms with Gasteiger partial charge in [0.15, 0.2) is 0 Å². The number of hydrogen-bond acceptors (Lipinski definition) is 4. The van der Waals surface area contributed by atoms with Crippen LogP contribution in [0.2, 0.25) is 5.02 Å². The summed E-state index contributed by atoms with van der Waals surface area (Å²) in [6, 6.07) is 14.7. The van der Waals surface area contributed by atoms with Gasteiger partial charge in [0.1, 0.15) is 17.8 Å². The first-order valence-electron chi connectivity index (χ1n) is 7.75. The Labute approximate surface area is 151 Å². The van der Waals surface area contributed by atoms with E-state index in [1.807, 2.05) is 50.2 Å². The summed E-state index contributed by atoms with van der Waals surface area (Å²) < 4.78 is 0. The minimum absolute atomic E-state index is 0.268. The van der Waals surface area contributed by atoms with Crippen LogP contribution in [0, 0.1) is 13.8 Å². The van der Waals surface area contributed by atoms with Crippen LogP contribution in [0.15, 0.2) is 54.9 Å². The number of para-hydroxylation sites is 1. The Bertz CT molecular complexity index is 927. The van der Waals surface area contributed by atoms with Crippen molar-refractivity contribution in [2.24, 2.45) is 0 Å². The molecule has 3 rings (SSSR count). The second kappa shape index (κ2) is 7.32. The molecule has 0 unspecified atom stereocenters. The van der Waals surface area contributed by atoms with Gasteiger partial charge in [0.2, 0.25) is 0 Å². The van der Waals surface area contributed by atoms with Crippen molar-refractivity contribution in [3.05, 3.63) is 76.7 Å². The van der Waals surface area contributed by atoms with Gasteiger partial charge in [-0.25, -0.2) is 9.97 Å². The van der Waals surface area contributed by atoms with E-state index in [9.17, 15) is 4.79 Å². The first kappa shape index (κ1) is 16.9. The summed E-state index contributed by atoms with van der Waals surface area (Å²) in [7, 11) is 0. The molecule has 3 aromatic rings. The van der Waals surface area contributed by atoms with Gasteiger partial charge in [-0.15, -0.1) is 0 Å². The number of carbonyl (C=O) groups excluding carboxylic acids is 1. The number of rotatable bonds is 4. The van der Waals surface area contributed by atoms with Gasteiger partial charge in [0.05, 0.1) is 10.7 Å². The van der Waals surface area contributed by atoms with Crippen molar-refractivity contribution in [3.8, 4) is 0 Å². The van der Waals surface area contributed by atoms with Crippen LogP contribution in [0.1, 0.15) is 21.6 Å². The second-order valence-corrected chi connectivity index (χ2v) is 6.07. The zero-order valence-corrected chi connectivity index (χ0v) is 14.6. The molecule has 126 valence electrons. The van der Waals surface area contributed by atoms with Crippen LogP contribution in [0.25, 0.3) is 0 Å². The van der Waals surface area contributed by atoms with Gasteiger partial charge in [0, 0.05) is 11.8 Å². The number of anilines is 3. The fourth-order valence-electron chi connectivity index (χ4n) is 2.39. The minimum Gasteiger partial charge on any atom is -0.339 e. The number of benzene rings is 2. The molecule has 2 N–H and O–H groups in total. The SMILES string of the molecule is Cc1ccc(NC(=O)c2cc(Nc3ccccc3Cl)ncn2)c(C)c1. The van der Waals surface area contributed by atoms with Gasteiger partial charge in [-0.3, -0.25) is 4.79 Å². The molecule has 0 aliphatic heterocycles. The summed E-state index contributed by atoms with van der Waals surface area (Å²) >= 11 is 6.13. The highest BCUT2D eigenvalue weighted by molar-refractivity contribution is 6.33. The third kappa shape index (κ3) is 4.14. The molecule has 1 aromatic heterocycles. The maximum Gasteiger partial charge on any atom is 0.274 e. The van der Waals surface area contributed by atoms with Gasteiger partial charge in [-0.2, -0.15) is 0 Å². The Kier molecular flexibility index (Phi) is 4.95. The van der Waals surface area contributed by atoms with Gasteiger partial charge >= 0.3 is 0 Å². The molecule has 2 aromatic carbocycles. The molecule has 0 bridgehead atoms.